The predicted octanol–water partition coefficient (Wildman–Crippen LogP) is 4.42. The first-order valence-electron chi connectivity index (χ1n) is 9.31. The van der Waals surface area contributed by atoms with Crippen molar-refractivity contribution >= 4 is 17.6 Å². The lowest BCUT2D eigenvalue weighted by atomic mass is 9.89. The van der Waals surface area contributed by atoms with Gasteiger partial charge in [-0.3, -0.25) is 9.59 Å². The number of ether oxygens (including phenoxy) is 1. The van der Waals surface area contributed by atoms with Crippen LogP contribution in [0.2, 0.25) is 0 Å². The van der Waals surface area contributed by atoms with E-state index in [-0.39, 0.29) is 24.4 Å². The van der Waals surface area contributed by atoms with Gasteiger partial charge in [0.25, 0.3) is 5.91 Å². The quantitative estimate of drug-likeness (QED) is 0.813. The van der Waals surface area contributed by atoms with E-state index < -0.39 is 0 Å². The van der Waals surface area contributed by atoms with Crippen LogP contribution in [0.3, 0.4) is 0 Å². The molecule has 2 aromatic carbocycles. The normalized spacial score (nSPS) is 23.6. The maximum atomic E-state index is 12.3. The Morgan fingerprint density at radius 1 is 0.962 bits per heavy atom. The van der Waals surface area contributed by atoms with Gasteiger partial charge in [-0.1, -0.05) is 36.8 Å². The van der Waals surface area contributed by atoms with Crippen molar-refractivity contribution in [3.63, 3.8) is 0 Å². The molecular formula is C22H23NO3. The van der Waals surface area contributed by atoms with Gasteiger partial charge in [0.2, 0.25) is 0 Å². The van der Waals surface area contributed by atoms with Crippen molar-refractivity contribution in [2.75, 3.05) is 5.32 Å². The monoisotopic (exact) mass is 349 g/mol. The summed E-state index contributed by atoms with van der Waals surface area (Å²) >= 11 is 0. The van der Waals surface area contributed by atoms with Crippen molar-refractivity contribution in [3.05, 3.63) is 65.7 Å². The number of benzene rings is 2. The highest BCUT2D eigenvalue weighted by molar-refractivity contribution is 6.04. The lowest BCUT2D eigenvalue weighted by Crippen LogP contribution is -2.23. The molecule has 2 aliphatic carbocycles. The molecule has 1 N–H and O–H groups in total. The second-order valence-electron chi connectivity index (χ2n) is 7.41. The summed E-state index contributed by atoms with van der Waals surface area (Å²) in [5.74, 6) is 1.17. The van der Waals surface area contributed by atoms with Crippen LogP contribution in [0, 0.1) is 17.8 Å². The highest BCUT2D eigenvalue weighted by Gasteiger charge is 2.43. The van der Waals surface area contributed by atoms with E-state index >= 15 is 0 Å². The third kappa shape index (κ3) is 3.64. The van der Waals surface area contributed by atoms with E-state index in [0.717, 1.165) is 23.6 Å². The van der Waals surface area contributed by atoms with Crippen LogP contribution in [-0.2, 0) is 16.1 Å². The molecule has 0 spiro atoms. The minimum Gasteiger partial charge on any atom is -0.461 e. The molecule has 4 nitrogen and oxygen atoms in total. The lowest BCUT2D eigenvalue weighted by Gasteiger charge is -2.19. The minimum atomic E-state index is -0.151. The first-order valence-corrected chi connectivity index (χ1v) is 9.31. The SMILES string of the molecule is O=C(Nc1ccccc1)c1ccc(COC(=O)C2CC3CCC2C3)cc1. The molecule has 2 aliphatic rings. The summed E-state index contributed by atoms with van der Waals surface area (Å²) in [6.45, 7) is 0.271. The largest absolute Gasteiger partial charge is 0.461 e. The highest BCUT2D eigenvalue weighted by atomic mass is 16.5. The molecule has 0 aliphatic heterocycles. The van der Waals surface area contributed by atoms with Gasteiger partial charge in [-0.15, -0.1) is 0 Å². The Bertz CT molecular complexity index is 785. The highest BCUT2D eigenvalue weighted by Crippen LogP contribution is 2.48. The molecule has 0 aromatic heterocycles. The Morgan fingerprint density at radius 3 is 2.38 bits per heavy atom. The summed E-state index contributed by atoms with van der Waals surface area (Å²) in [5, 5.41) is 2.86. The number of esters is 1. The molecule has 2 aromatic rings. The van der Waals surface area contributed by atoms with E-state index in [4.69, 9.17) is 4.74 Å². The zero-order valence-electron chi connectivity index (χ0n) is 14.7. The maximum Gasteiger partial charge on any atom is 0.309 e. The van der Waals surface area contributed by atoms with Crippen LogP contribution in [-0.4, -0.2) is 11.9 Å². The molecular weight excluding hydrogens is 326 g/mol. The number of para-hydroxylation sites is 1. The molecule has 1 amide bonds. The third-order valence-electron chi connectivity index (χ3n) is 5.67. The van der Waals surface area contributed by atoms with Crippen LogP contribution in [0.5, 0.6) is 0 Å². The van der Waals surface area contributed by atoms with Crippen molar-refractivity contribution < 1.29 is 14.3 Å². The Labute approximate surface area is 153 Å². The number of carbonyl (C=O) groups is 2. The maximum absolute atomic E-state index is 12.3. The third-order valence-corrected chi connectivity index (χ3v) is 5.67. The zero-order chi connectivity index (χ0) is 17.9. The summed E-state index contributed by atoms with van der Waals surface area (Å²) in [7, 11) is 0. The number of anilines is 1. The van der Waals surface area contributed by atoms with Crippen molar-refractivity contribution in [3.8, 4) is 0 Å². The standard InChI is InChI=1S/C22H23NO3/c24-21(23-19-4-2-1-3-5-19)17-9-6-15(7-10-17)14-26-22(25)20-13-16-8-11-18(20)12-16/h1-7,9-10,16,18,20H,8,11-14H2,(H,23,24). The number of hydrogen-bond acceptors (Lipinski definition) is 3. The van der Waals surface area contributed by atoms with Crippen molar-refractivity contribution in [1.82, 2.24) is 0 Å². The Morgan fingerprint density at radius 2 is 1.73 bits per heavy atom. The Kier molecular flexibility index (Phi) is 4.74. The van der Waals surface area contributed by atoms with Crippen LogP contribution in [0.15, 0.2) is 54.6 Å². The zero-order valence-corrected chi connectivity index (χ0v) is 14.7. The second-order valence-corrected chi connectivity index (χ2v) is 7.41. The van der Waals surface area contributed by atoms with Crippen LogP contribution in [0.25, 0.3) is 0 Å². The first kappa shape index (κ1) is 16.8. The number of carbonyl (C=O) groups excluding carboxylic acids is 2. The number of amides is 1. The Hall–Kier alpha value is -2.62. The van der Waals surface area contributed by atoms with E-state index in [1.54, 1.807) is 12.1 Å². The van der Waals surface area contributed by atoms with Gasteiger partial charge < -0.3 is 10.1 Å². The van der Waals surface area contributed by atoms with Crippen LogP contribution < -0.4 is 5.32 Å². The second kappa shape index (κ2) is 7.32. The van der Waals surface area contributed by atoms with Crippen LogP contribution >= 0.6 is 0 Å². The molecule has 4 heteroatoms. The summed E-state index contributed by atoms with van der Waals surface area (Å²) < 4.78 is 5.52. The first-order chi connectivity index (χ1) is 12.7. The molecule has 0 heterocycles. The number of rotatable bonds is 5. The van der Waals surface area contributed by atoms with Crippen molar-refractivity contribution in [1.29, 1.82) is 0 Å². The topological polar surface area (TPSA) is 55.4 Å². The predicted molar refractivity (Wildman–Crippen MR) is 99.6 cm³/mol. The Balaban J connectivity index is 1.30. The van der Waals surface area contributed by atoms with Gasteiger partial charge in [0.15, 0.2) is 0 Å². The average Bonchev–Trinajstić information content (AvgIpc) is 3.31. The van der Waals surface area contributed by atoms with Gasteiger partial charge in [-0.25, -0.2) is 0 Å². The van der Waals surface area contributed by atoms with Crippen LogP contribution in [0.1, 0.15) is 41.6 Å². The van der Waals surface area contributed by atoms with Gasteiger partial charge >= 0.3 is 5.97 Å². The average molecular weight is 349 g/mol. The summed E-state index contributed by atoms with van der Waals surface area (Å²) in [6, 6.07) is 16.6. The molecule has 2 bridgehead atoms. The molecule has 3 atom stereocenters. The molecule has 0 saturated heterocycles. The van der Waals surface area contributed by atoms with E-state index in [1.807, 2.05) is 42.5 Å². The summed E-state index contributed by atoms with van der Waals surface area (Å²) in [6.07, 6.45) is 4.66. The van der Waals surface area contributed by atoms with Crippen molar-refractivity contribution in [2.24, 2.45) is 17.8 Å². The van der Waals surface area contributed by atoms with Gasteiger partial charge in [0.1, 0.15) is 6.61 Å². The summed E-state index contributed by atoms with van der Waals surface area (Å²) in [5.41, 5.74) is 2.25. The van der Waals surface area contributed by atoms with Crippen LogP contribution in [0.4, 0.5) is 5.69 Å². The fraction of sp³-hybridized carbons (Fsp3) is 0.364. The molecule has 4 rings (SSSR count). The van der Waals surface area contributed by atoms with Crippen molar-refractivity contribution in [2.45, 2.75) is 32.3 Å². The van der Waals surface area contributed by atoms with Gasteiger partial charge in [0, 0.05) is 11.3 Å². The number of fused-ring (bicyclic) bond motifs is 2. The fourth-order valence-corrected chi connectivity index (χ4v) is 4.27. The summed E-state index contributed by atoms with van der Waals surface area (Å²) in [4.78, 5) is 24.5. The number of hydrogen-bond donors (Lipinski definition) is 1. The van der Waals surface area contributed by atoms with Gasteiger partial charge in [-0.2, -0.15) is 0 Å². The molecule has 2 fully saturated rings. The van der Waals surface area contributed by atoms with E-state index in [0.29, 0.717) is 11.5 Å². The lowest BCUT2D eigenvalue weighted by molar-refractivity contribution is -0.151. The van der Waals surface area contributed by atoms with E-state index in [9.17, 15) is 9.59 Å². The van der Waals surface area contributed by atoms with Gasteiger partial charge in [0.05, 0.1) is 5.92 Å². The fourth-order valence-electron chi connectivity index (χ4n) is 4.27. The van der Waals surface area contributed by atoms with Gasteiger partial charge in [-0.05, 0) is 60.9 Å². The molecule has 2 saturated carbocycles. The molecule has 3 unspecified atom stereocenters. The van der Waals surface area contributed by atoms with E-state index in [1.165, 1.54) is 19.3 Å². The minimum absolute atomic E-state index is 0.0527. The van der Waals surface area contributed by atoms with E-state index in [2.05, 4.69) is 5.32 Å². The number of nitrogens with one attached hydrogen (secondary N) is 1. The smallest absolute Gasteiger partial charge is 0.309 e. The molecule has 134 valence electrons. The molecule has 26 heavy (non-hydrogen) atoms. The molecule has 0 radical (unpaired) electrons.